The van der Waals surface area contributed by atoms with Crippen LogP contribution in [0, 0.1) is 0 Å². The number of hydrogen-bond acceptors (Lipinski definition) is 4. The highest BCUT2D eigenvalue weighted by atomic mass is 35.5. The summed E-state index contributed by atoms with van der Waals surface area (Å²) in [7, 11) is 0. The second-order valence-corrected chi connectivity index (χ2v) is 6.24. The number of nitrogens with zero attached hydrogens (tertiary/aromatic N) is 1. The minimum Gasteiger partial charge on any atom is -0.489 e. The summed E-state index contributed by atoms with van der Waals surface area (Å²) in [6.07, 6.45) is 1.57. The second-order valence-electron chi connectivity index (χ2n) is 5.81. The Kier molecular flexibility index (Phi) is 6.07. The molecule has 0 aliphatic heterocycles. The molecule has 0 spiro atoms. The van der Waals surface area contributed by atoms with Gasteiger partial charge >= 0.3 is 0 Å². The Morgan fingerprint density at radius 3 is 2.33 bits per heavy atom. The van der Waals surface area contributed by atoms with Gasteiger partial charge in [0.05, 0.1) is 6.21 Å². The van der Waals surface area contributed by atoms with Crippen LogP contribution in [0.25, 0.3) is 0 Å². The van der Waals surface area contributed by atoms with Crippen molar-refractivity contribution < 1.29 is 9.53 Å². The maximum atomic E-state index is 11.9. The number of carbonyl (C=O) groups is 1. The molecule has 3 aromatic carbocycles. The predicted octanol–water partition coefficient (Wildman–Crippen LogP) is 4.27. The average molecular weight is 380 g/mol. The molecule has 0 saturated carbocycles. The van der Waals surface area contributed by atoms with Gasteiger partial charge in [0.2, 0.25) is 0 Å². The zero-order valence-electron chi connectivity index (χ0n) is 14.4. The molecule has 3 aromatic rings. The van der Waals surface area contributed by atoms with E-state index in [1.54, 1.807) is 30.5 Å². The van der Waals surface area contributed by atoms with Crippen LogP contribution in [0.4, 0.5) is 5.69 Å². The minimum atomic E-state index is -0.297. The summed E-state index contributed by atoms with van der Waals surface area (Å²) in [5.74, 6) is 0.446. The third-order valence-corrected chi connectivity index (χ3v) is 4.00. The maximum Gasteiger partial charge on any atom is 0.271 e. The third-order valence-electron chi connectivity index (χ3n) is 3.75. The number of nitrogens with two attached hydrogens (primary N) is 1. The molecule has 0 aromatic heterocycles. The Hall–Kier alpha value is -3.31. The first-order valence-electron chi connectivity index (χ1n) is 8.26. The Morgan fingerprint density at radius 2 is 1.67 bits per heavy atom. The number of rotatable bonds is 6. The summed E-state index contributed by atoms with van der Waals surface area (Å²) in [5, 5.41) is 4.66. The van der Waals surface area contributed by atoms with E-state index < -0.39 is 0 Å². The molecule has 0 heterocycles. The lowest BCUT2D eigenvalue weighted by atomic mass is 10.2. The number of hydrazone groups is 1. The van der Waals surface area contributed by atoms with E-state index in [1.807, 2.05) is 48.5 Å². The molecule has 3 rings (SSSR count). The molecule has 136 valence electrons. The van der Waals surface area contributed by atoms with Crippen LogP contribution in [0.5, 0.6) is 5.75 Å². The molecule has 0 aliphatic rings. The van der Waals surface area contributed by atoms with Crippen molar-refractivity contribution in [3.8, 4) is 5.75 Å². The number of carbonyl (C=O) groups excluding carboxylic acids is 1. The van der Waals surface area contributed by atoms with Gasteiger partial charge in [-0.3, -0.25) is 4.79 Å². The molecule has 0 atom stereocenters. The van der Waals surface area contributed by atoms with E-state index in [1.165, 1.54) is 0 Å². The SMILES string of the molecule is Nc1ccc(C(=O)N/N=C/c2ccc(OCc3ccc(Cl)cc3)cc2)cc1. The first-order valence-corrected chi connectivity index (χ1v) is 8.64. The largest absolute Gasteiger partial charge is 0.489 e. The topological polar surface area (TPSA) is 76.7 Å². The van der Waals surface area contributed by atoms with Crippen molar-refractivity contribution in [3.63, 3.8) is 0 Å². The van der Waals surface area contributed by atoms with E-state index in [9.17, 15) is 4.79 Å². The molecule has 5 nitrogen and oxygen atoms in total. The van der Waals surface area contributed by atoms with Crippen LogP contribution in [0.3, 0.4) is 0 Å². The van der Waals surface area contributed by atoms with Crippen molar-refractivity contribution in [2.45, 2.75) is 6.61 Å². The summed E-state index contributed by atoms with van der Waals surface area (Å²) in [5.41, 5.74) is 11.1. The molecule has 0 bridgehead atoms. The van der Waals surface area contributed by atoms with Crippen LogP contribution >= 0.6 is 11.6 Å². The van der Waals surface area contributed by atoms with Crippen LogP contribution < -0.4 is 15.9 Å². The summed E-state index contributed by atoms with van der Waals surface area (Å²) < 4.78 is 5.73. The molecule has 0 unspecified atom stereocenters. The molecule has 3 N–H and O–H groups in total. The fraction of sp³-hybridized carbons (Fsp3) is 0.0476. The molecule has 6 heteroatoms. The molecule has 27 heavy (non-hydrogen) atoms. The van der Waals surface area contributed by atoms with Crippen LogP contribution in [0.15, 0.2) is 77.9 Å². The molecule has 1 amide bonds. The van der Waals surface area contributed by atoms with Gasteiger partial charge in [-0.1, -0.05) is 23.7 Å². The van der Waals surface area contributed by atoms with Gasteiger partial charge in [0.15, 0.2) is 0 Å². The Balaban J connectivity index is 1.50. The van der Waals surface area contributed by atoms with Crippen LogP contribution in [-0.4, -0.2) is 12.1 Å². The average Bonchev–Trinajstić information content (AvgIpc) is 2.69. The van der Waals surface area contributed by atoms with E-state index in [0.717, 1.165) is 16.9 Å². The number of benzene rings is 3. The van der Waals surface area contributed by atoms with Gasteiger partial charge < -0.3 is 10.5 Å². The maximum absolute atomic E-state index is 11.9. The smallest absolute Gasteiger partial charge is 0.271 e. The highest BCUT2D eigenvalue weighted by Crippen LogP contribution is 2.15. The van der Waals surface area contributed by atoms with Gasteiger partial charge in [-0.2, -0.15) is 5.10 Å². The Morgan fingerprint density at radius 1 is 1.00 bits per heavy atom. The first kappa shape index (κ1) is 18.5. The van der Waals surface area contributed by atoms with E-state index in [0.29, 0.717) is 22.9 Å². The van der Waals surface area contributed by atoms with E-state index in [-0.39, 0.29) is 5.91 Å². The molecule has 0 saturated heterocycles. The number of halogens is 1. The van der Waals surface area contributed by atoms with E-state index in [2.05, 4.69) is 10.5 Å². The van der Waals surface area contributed by atoms with Gasteiger partial charge in [-0.05, 0) is 71.8 Å². The Bertz CT molecular complexity index is 921. The fourth-order valence-electron chi connectivity index (χ4n) is 2.26. The molecule has 0 radical (unpaired) electrons. The van der Waals surface area contributed by atoms with Crippen LogP contribution in [0.2, 0.25) is 5.02 Å². The number of amides is 1. The summed E-state index contributed by atoms with van der Waals surface area (Å²) in [4.78, 5) is 11.9. The molecular weight excluding hydrogens is 362 g/mol. The van der Waals surface area contributed by atoms with Crippen LogP contribution in [0.1, 0.15) is 21.5 Å². The normalized spacial score (nSPS) is 10.7. The van der Waals surface area contributed by atoms with Crippen molar-refractivity contribution in [3.05, 3.63) is 94.5 Å². The molecule has 0 fully saturated rings. The lowest BCUT2D eigenvalue weighted by Crippen LogP contribution is -2.17. The predicted molar refractivity (Wildman–Crippen MR) is 108 cm³/mol. The lowest BCUT2D eigenvalue weighted by molar-refractivity contribution is 0.0955. The van der Waals surface area contributed by atoms with Crippen molar-refractivity contribution in [1.29, 1.82) is 0 Å². The number of nitrogens with one attached hydrogen (secondary N) is 1. The number of hydrogen-bond donors (Lipinski definition) is 2. The fourth-order valence-corrected chi connectivity index (χ4v) is 2.39. The second kappa shape index (κ2) is 8.87. The van der Waals surface area contributed by atoms with Gasteiger partial charge in [0.25, 0.3) is 5.91 Å². The van der Waals surface area contributed by atoms with E-state index >= 15 is 0 Å². The van der Waals surface area contributed by atoms with Gasteiger partial charge in [-0.15, -0.1) is 0 Å². The number of anilines is 1. The Labute approximate surface area is 162 Å². The van der Waals surface area contributed by atoms with E-state index in [4.69, 9.17) is 22.1 Å². The molecule has 0 aliphatic carbocycles. The highest BCUT2D eigenvalue weighted by Gasteiger charge is 2.03. The van der Waals surface area contributed by atoms with Crippen molar-refractivity contribution in [2.75, 3.05) is 5.73 Å². The zero-order chi connectivity index (χ0) is 19.1. The van der Waals surface area contributed by atoms with Crippen molar-refractivity contribution in [1.82, 2.24) is 5.43 Å². The number of ether oxygens (including phenoxy) is 1. The quantitative estimate of drug-likeness (QED) is 0.381. The minimum absolute atomic E-state index is 0.297. The lowest BCUT2D eigenvalue weighted by Gasteiger charge is -2.06. The monoisotopic (exact) mass is 379 g/mol. The van der Waals surface area contributed by atoms with Gasteiger partial charge in [-0.25, -0.2) is 5.43 Å². The zero-order valence-corrected chi connectivity index (χ0v) is 15.2. The third kappa shape index (κ3) is 5.59. The van der Waals surface area contributed by atoms with Crippen molar-refractivity contribution in [2.24, 2.45) is 5.10 Å². The van der Waals surface area contributed by atoms with Gasteiger partial charge in [0, 0.05) is 16.3 Å². The number of nitrogen functional groups attached to an aromatic ring is 1. The van der Waals surface area contributed by atoms with Crippen molar-refractivity contribution >= 4 is 29.4 Å². The first-order chi connectivity index (χ1) is 13.1. The highest BCUT2D eigenvalue weighted by molar-refractivity contribution is 6.30. The van der Waals surface area contributed by atoms with Gasteiger partial charge in [0.1, 0.15) is 12.4 Å². The molecular formula is C21H18ClN3O2. The summed E-state index contributed by atoms with van der Waals surface area (Å²) >= 11 is 5.86. The summed E-state index contributed by atoms with van der Waals surface area (Å²) in [6.45, 7) is 0.461. The summed E-state index contributed by atoms with van der Waals surface area (Å²) in [6, 6.07) is 21.5. The standard InChI is InChI=1S/C21H18ClN3O2/c22-18-7-1-16(2-8-18)14-27-20-11-3-15(4-12-20)13-24-25-21(26)17-5-9-19(23)10-6-17/h1-13H,14,23H2,(H,25,26)/b24-13+. The van der Waals surface area contributed by atoms with Crippen LogP contribution in [-0.2, 0) is 6.61 Å².